The first-order valence-corrected chi connectivity index (χ1v) is 7.21. The van der Waals surface area contributed by atoms with Crippen molar-refractivity contribution in [2.75, 3.05) is 11.9 Å². The smallest absolute Gasteiger partial charge is 0.116 e. The van der Waals surface area contributed by atoms with Gasteiger partial charge in [0.1, 0.15) is 5.75 Å². The van der Waals surface area contributed by atoms with E-state index >= 15 is 0 Å². The van der Waals surface area contributed by atoms with Gasteiger partial charge in [-0.3, -0.25) is 0 Å². The van der Waals surface area contributed by atoms with Crippen molar-refractivity contribution in [3.05, 3.63) is 59.7 Å². The van der Waals surface area contributed by atoms with Crippen molar-refractivity contribution in [1.82, 2.24) is 5.32 Å². The van der Waals surface area contributed by atoms with Crippen molar-refractivity contribution >= 4 is 5.69 Å². The van der Waals surface area contributed by atoms with Crippen LogP contribution in [0.5, 0.6) is 5.75 Å². The van der Waals surface area contributed by atoms with E-state index in [1.54, 1.807) is 6.07 Å². The lowest BCUT2D eigenvalue weighted by Gasteiger charge is -2.37. The average molecular weight is 266 g/mol. The molecule has 102 valence electrons. The molecule has 3 atom stereocenters. The summed E-state index contributed by atoms with van der Waals surface area (Å²) in [5.41, 5.74) is 3.66. The van der Waals surface area contributed by atoms with E-state index in [1.165, 1.54) is 11.1 Å². The zero-order valence-electron chi connectivity index (χ0n) is 11.2. The summed E-state index contributed by atoms with van der Waals surface area (Å²) in [4.78, 5) is 0. The van der Waals surface area contributed by atoms with E-state index in [1.807, 2.05) is 12.1 Å². The van der Waals surface area contributed by atoms with Gasteiger partial charge in [0, 0.05) is 17.6 Å². The average Bonchev–Trinajstić information content (AvgIpc) is 2.97. The third-order valence-electron chi connectivity index (χ3n) is 4.54. The second kappa shape index (κ2) is 4.53. The molecule has 20 heavy (non-hydrogen) atoms. The Morgan fingerprint density at radius 3 is 2.70 bits per heavy atom. The van der Waals surface area contributed by atoms with Gasteiger partial charge >= 0.3 is 0 Å². The predicted molar refractivity (Wildman–Crippen MR) is 79.8 cm³/mol. The van der Waals surface area contributed by atoms with E-state index < -0.39 is 0 Å². The van der Waals surface area contributed by atoms with Gasteiger partial charge in [0.2, 0.25) is 0 Å². The summed E-state index contributed by atoms with van der Waals surface area (Å²) in [6.45, 7) is 1.04. The van der Waals surface area contributed by atoms with E-state index in [4.69, 9.17) is 0 Å². The maximum Gasteiger partial charge on any atom is 0.116 e. The Hall–Kier alpha value is -2.00. The fourth-order valence-corrected chi connectivity index (χ4v) is 3.63. The Kier molecular flexibility index (Phi) is 2.67. The van der Waals surface area contributed by atoms with Crippen LogP contribution in [0.4, 0.5) is 5.69 Å². The summed E-state index contributed by atoms with van der Waals surface area (Å²) in [7, 11) is 0. The van der Waals surface area contributed by atoms with Crippen LogP contribution < -0.4 is 10.6 Å². The molecule has 2 aromatic rings. The topological polar surface area (TPSA) is 44.3 Å². The zero-order chi connectivity index (χ0) is 13.5. The second-order valence-electron chi connectivity index (χ2n) is 5.69. The van der Waals surface area contributed by atoms with Crippen molar-refractivity contribution in [1.29, 1.82) is 0 Å². The molecule has 0 radical (unpaired) electrons. The highest BCUT2D eigenvalue weighted by molar-refractivity contribution is 5.59. The molecule has 0 aromatic heterocycles. The van der Waals surface area contributed by atoms with Gasteiger partial charge in [-0.15, -0.1) is 0 Å². The molecule has 2 aliphatic rings. The Bertz CT molecular complexity index is 626. The number of fused-ring (bicyclic) bond motifs is 3. The van der Waals surface area contributed by atoms with Gasteiger partial charge in [0.15, 0.2) is 0 Å². The summed E-state index contributed by atoms with van der Waals surface area (Å²) in [6, 6.07) is 16.9. The number of anilines is 1. The molecule has 0 saturated carbocycles. The number of phenolic OH excluding ortho intramolecular Hbond substituents is 1. The highest BCUT2D eigenvalue weighted by Crippen LogP contribution is 2.47. The molecule has 1 fully saturated rings. The van der Waals surface area contributed by atoms with Crippen LogP contribution in [0.25, 0.3) is 0 Å². The fraction of sp³-hybridized carbons (Fsp3) is 0.294. The monoisotopic (exact) mass is 266 g/mol. The number of aromatic hydroxyl groups is 1. The van der Waals surface area contributed by atoms with E-state index in [2.05, 4.69) is 41.0 Å². The molecule has 0 unspecified atom stereocenters. The molecule has 3 heteroatoms. The SMILES string of the molecule is Oc1ccc2c(c1)[C@H]1NCC[C@H]1[C@@H](c1ccccc1)N2. The molecule has 0 spiro atoms. The fourth-order valence-electron chi connectivity index (χ4n) is 3.63. The van der Waals surface area contributed by atoms with Crippen molar-refractivity contribution < 1.29 is 5.11 Å². The van der Waals surface area contributed by atoms with E-state index in [-0.39, 0.29) is 0 Å². The molecular formula is C17H18N2O. The van der Waals surface area contributed by atoms with Gasteiger partial charge < -0.3 is 15.7 Å². The minimum Gasteiger partial charge on any atom is -0.508 e. The quantitative estimate of drug-likeness (QED) is 0.694. The minimum atomic E-state index is 0.337. The molecule has 0 aliphatic carbocycles. The second-order valence-corrected chi connectivity index (χ2v) is 5.69. The van der Waals surface area contributed by atoms with Crippen LogP contribution in [0.3, 0.4) is 0 Å². The van der Waals surface area contributed by atoms with E-state index in [0.717, 1.165) is 18.7 Å². The zero-order valence-corrected chi connectivity index (χ0v) is 11.2. The number of hydrogen-bond acceptors (Lipinski definition) is 3. The third-order valence-corrected chi connectivity index (χ3v) is 4.54. The number of rotatable bonds is 1. The normalized spacial score (nSPS) is 27.5. The lowest BCUT2D eigenvalue weighted by molar-refractivity contribution is 0.388. The van der Waals surface area contributed by atoms with Gasteiger partial charge in [-0.25, -0.2) is 0 Å². The summed E-state index contributed by atoms with van der Waals surface area (Å²) in [5.74, 6) is 0.878. The Balaban J connectivity index is 1.79. The molecule has 3 nitrogen and oxygen atoms in total. The van der Waals surface area contributed by atoms with Crippen LogP contribution in [0.1, 0.15) is 29.6 Å². The molecule has 0 bridgehead atoms. The predicted octanol–water partition coefficient (Wildman–Crippen LogP) is 3.21. The minimum absolute atomic E-state index is 0.337. The first-order chi connectivity index (χ1) is 9.83. The molecule has 1 saturated heterocycles. The van der Waals surface area contributed by atoms with Gasteiger partial charge in [-0.2, -0.15) is 0 Å². The van der Waals surface area contributed by atoms with E-state index in [9.17, 15) is 5.11 Å². The van der Waals surface area contributed by atoms with Crippen molar-refractivity contribution in [3.63, 3.8) is 0 Å². The number of phenols is 1. The van der Waals surface area contributed by atoms with Crippen molar-refractivity contribution in [2.24, 2.45) is 5.92 Å². The number of nitrogens with one attached hydrogen (secondary N) is 2. The molecule has 2 heterocycles. The first kappa shape index (κ1) is 11.8. The number of benzene rings is 2. The van der Waals surface area contributed by atoms with Gasteiger partial charge in [0.25, 0.3) is 0 Å². The summed E-state index contributed by atoms with van der Waals surface area (Å²) in [5, 5.41) is 17.0. The van der Waals surface area contributed by atoms with Crippen LogP contribution in [-0.4, -0.2) is 11.7 Å². The van der Waals surface area contributed by atoms with Gasteiger partial charge in [-0.1, -0.05) is 30.3 Å². The summed E-state index contributed by atoms with van der Waals surface area (Å²) in [6.07, 6.45) is 1.16. The van der Waals surface area contributed by atoms with Gasteiger partial charge in [0.05, 0.1) is 6.04 Å². The van der Waals surface area contributed by atoms with Crippen molar-refractivity contribution in [3.8, 4) is 5.75 Å². The van der Waals surface area contributed by atoms with Crippen LogP contribution in [0.15, 0.2) is 48.5 Å². The van der Waals surface area contributed by atoms with Crippen LogP contribution in [-0.2, 0) is 0 Å². The van der Waals surface area contributed by atoms with Crippen LogP contribution in [0.2, 0.25) is 0 Å². The largest absolute Gasteiger partial charge is 0.508 e. The first-order valence-electron chi connectivity index (χ1n) is 7.21. The van der Waals surface area contributed by atoms with Crippen LogP contribution >= 0.6 is 0 Å². The Labute approximate surface area is 118 Å². The lowest BCUT2D eigenvalue weighted by atomic mass is 9.80. The molecule has 3 N–H and O–H groups in total. The third kappa shape index (κ3) is 1.78. The molecular weight excluding hydrogens is 248 g/mol. The van der Waals surface area contributed by atoms with E-state index in [0.29, 0.717) is 23.8 Å². The summed E-state index contributed by atoms with van der Waals surface area (Å²) >= 11 is 0. The Morgan fingerprint density at radius 1 is 1.00 bits per heavy atom. The highest BCUT2D eigenvalue weighted by atomic mass is 16.3. The number of hydrogen-bond donors (Lipinski definition) is 3. The lowest BCUT2D eigenvalue weighted by Crippen LogP contribution is -2.32. The standard InChI is InChI=1S/C17H18N2O/c20-12-6-7-15-14(10-12)17-13(8-9-18-17)16(19-15)11-4-2-1-3-5-11/h1-7,10,13,16-20H,8-9H2/t13-,16+,17-/m0/s1. The maximum absolute atomic E-state index is 9.74. The molecule has 2 aliphatic heterocycles. The molecule has 0 amide bonds. The van der Waals surface area contributed by atoms with Crippen molar-refractivity contribution in [2.45, 2.75) is 18.5 Å². The molecule has 4 rings (SSSR count). The maximum atomic E-state index is 9.74. The van der Waals surface area contributed by atoms with Gasteiger partial charge in [-0.05, 0) is 42.3 Å². The highest BCUT2D eigenvalue weighted by Gasteiger charge is 2.40. The summed E-state index contributed by atoms with van der Waals surface area (Å²) < 4.78 is 0. The van der Waals surface area contributed by atoms with Crippen LogP contribution in [0, 0.1) is 5.92 Å². The Morgan fingerprint density at radius 2 is 1.85 bits per heavy atom. The molecule has 2 aromatic carbocycles.